The third kappa shape index (κ3) is 5.42. The molecule has 8 heteroatoms. The Labute approximate surface area is 204 Å². The van der Waals surface area contributed by atoms with Crippen LogP contribution < -0.4 is 9.47 Å². The molecule has 2 aromatic carbocycles. The molecule has 4 rings (SSSR count). The van der Waals surface area contributed by atoms with E-state index in [9.17, 15) is 13.6 Å². The van der Waals surface area contributed by atoms with E-state index in [-0.39, 0.29) is 12.3 Å². The van der Waals surface area contributed by atoms with Crippen LogP contribution in [0.4, 0.5) is 8.78 Å². The van der Waals surface area contributed by atoms with E-state index in [4.69, 9.17) is 9.47 Å². The summed E-state index contributed by atoms with van der Waals surface area (Å²) in [7, 11) is 6.90. The van der Waals surface area contributed by atoms with Crippen LogP contribution in [0.5, 0.6) is 11.5 Å². The summed E-state index contributed by atoms with van der Waals surface area (Å²) in [6.07, 6.45) is -1.09. The Bertz CT molecular complexity index is 1180. The van der Waals surface area contributed by atoms with Gasteiger partial charge in [-0.05, 0) is 74.3 Å². The van der Waals surface area contributed by atoms with E-state index in [0.717, 1.165) is 34.9 Å². The standard InChI is InChI=1S/C27H33F2N3O3/c1-31(2)16-26(33)32-11-9-17(10-12-32)18-5-7-22-20(13-18)21(15-25(28)29)27(30-22)19-6-8-23(34-3)24(14-19)35-4/h5-8,13-14,17,25,30H,9-12,15-16H2,1-4H3. The molecule has 2 heterocycles. The molecule has 0 bridgehead atoms. The summed E-state index contributed by atoms with van der Waals surface area (Å²) in [6, 6.07) is 11.5. The van der Waals surface area contributed by atoms with Crippen LogP contribution in [0, 0.1) is 0 Å². The van der Waals surface area contributed by atoms with E-state index < -0.39 is 6.43 Å². The highest BCUT2D eigenvalue weighted by Gasteiger charge is 2.25. The number of alkyl halides is 2. The molecule has 0 saturated carbocycles. The first kappa shape index (κ1) is 25.0. The number of nitrogens with zero attached hydrogens (tertiary/aromatic N) is 2. The zero-order chi connectivity index (χ0) is 25.1. The summed E-state index contributed by atoms with van der Waals surface area (Å²) in [4.78, 5) is 19.6. The van der Waals surface area contributed by atoms with Crippen LogP contribution >= 0.6 is 0 Å². The number of halogens is 2. The average Bonchev–Trinajstić information content (AvgIpc) is 3.20. The summed E-state index contributed by atoms with van der Waals surface area (Å²) >= 11 is 0. The Kier molecular flexibility index (Phi) is 7.60. The number of nitrogens with one attached hydrogen (secondary N) is 1. The fourth-order valence-electron chi connectivity index (χ4n) is 4.96. The first-order valence-corrected chi connectivity index (χ1v) is 11.9. The van der Waals surface area contributed by atoms with Gasteiger partial charge in [-0.2, -0.15) is 0 Å². The van der Waals surface area contributed by atoms with Crippen molar-refractivity contribution in [3.8, 4) is 22.8 Å². The molecule has 1 aliphatic heterocycles. The second-order valence-electron chi connectivity index (χ2n) is 9.34. The van der Waals surface area contributed by atoms with Gasteiger partial charge in [0.1, 0.15) is 0 Å². The van der Waals surface area contributed by atoms with Gasteiger partial charge in [0, 0.05) is 36.0 Å². The number of hydrogen-bond donors (Lipinski definition) is 1. The number of hydrogen-bond acceptors (Lipinski definition) is 4. The second-order valence-corrected chi connectivity index (χ2v) is 9.34. The van der Waals surface area contributed by atoms with E-state index in [1.807, 2.05) is 36.0 Å². The number of likely N-dealkylation sites (tertiary alicyclic amines) is 1. The van der Waals surface area contributed by atoms with Gasteiger partial charge >= 0.3 is 0 Å². The number of carbonyl (C=O) groups is 1. The van der Waals surface area contributed by atoms with Gasteiger partial charge in [-0.25, -0.2) is 8.78 Å². The fraction of sp³-hybridized carbons (Fsp3) is 0.444. The zero-order valence-electron chi connectivity index (χ0n) is 20.7. The van der Waals surface area contributed by atoms with E-state index in [0.29, 0.717) is 48.3 Å². The van der Waals surface area contributed by atoms with Crippen LogP contribution in [0.25, 0.3) is 22.2 Å². The number of carbonyl (C=O) groups excluding carboxylic acids is 1. The molecule has 6 nitrogen and oxygen atoms in total. The van der Waals surface area contributed by atoms with Crippen molar-refractivity contribution in [1.29, 1.82) is 0 Å². The van der Waals surface area contributed by atoms with E-state index in [2.05, 4.69) is 17.1 Å². The van der Waals surface area contributed by atoms with Crippen LogP contribution in [-0.2, 0) is 11.2 Å². The predicted molar refractivity (Wildman–Crippen MR) is 134 cm³/mol. The molecule has 0 aliphatic carbocycles. The largest absolute Gasteiger partial charge is 0.493 e. The molecule has 188 valence electrons. The Morgan fingerprint density at radius 3 is 2.43 bits per heavy atom. The molecule has 1 saturated heterocycles. The normalized spacial score (nSPS) is 14.8. The van der Waals surface area contributed by atoms with Crippen molar-refractivity contribution in [2.45, 2.75) is 31.6 Å². The highest BCUT2D eigenvalue weighted by molar-refractivity contribution is 5.91. The topological polar surface area (TPSA) is 57.8 Å². The van der Waals surface area contributed by atoms with Gasteiger partial charge in [0.05, 0.1) is 26.5 Å². The minimum absolute atomic E-state index is 0.147. The number of methoxy groups -OCH3 is 2. The van der Waals surface area contributed by atoms with Crippen molar-refractivity contribution in [2.75, 3.05) is 47.9 Å². The van der Waals surface area contributed by atoms with E-state index >= 15 is 0 Å². The van der Waals surface area contributed by atoms with Crippen LogP contribution in [0.15, 0.2) is 36.4 Å². The Hall–Kier alpha value is -3.13. The average molecular weight is 486 g/mol. The quantitative estimate of drug-likeness (QED) is 0.492. The van der Waals surface area contributed by atoms with E-state index in [1.54, 1.807) is 26.4 Å². The molecular weight excluding hydrogens is 452 g/mol. The van der Waals surface area contributed by atoms with Crippen LogP contribution in [0.3, 0.4) is 0 Å². The number of benzene rings is 2. The number of H-pyrrole nitrogens is 1. The molecule has 1 aliphatic rings. The lowest BCUT2D eigenvalue weighted by Gasteiger charge is -2.33. The number of aromatic nitrogens is 1. The minimum atomic E-state index is -2.47. The molecule has 3 aromatic rings. The number of likely N-dealkylation sites (N-methyl/N-ethyl adjacent to an activating group) is 1. The number of fused-ring (bicyclic) bond motifs is 1. The SMILES string of the molecule is COc1ccc(-c2[nH]c3ccc(C4CCN(C(=O)CN(C)C)CC4)cc3c2CC(F)F)cc1OC. The smallest absolute Gasteiger partial charge is 0.242 e. The van der Waals surface area contributed by atoms with Crippen molar-refractivity contribution >= 4 is 16.8 Å². The summed E-state index contributed by atoms with van der Waals surface area (Å²) in [5.74, 6) is 1.57. The summed E-state index contributed by atoms with van der Waals surface area (Å²) < 4.78 is 38.0. The number of ether oxygens (including phenoxy) is 2. The van der Waals surface area contributed by atoms with Crippen molar-refractivity contribution in [3.05, 3.63) is 47.5 Å². The number of aromatic amines is 1. The third-order valence-corrected chi connectivity index (χ3v) is 6.73. The lowest BCUT2D eigenvalue weighted by Crippen LogP contribution is -2.42. The molecule has 0 spiro atoms. The maximum atomic E-state index is 13.7. The van der Waals surface area contributed by atoms with Crippen molar-refractivity contribution in [1.82, 2.24) is 14.8 Å². The summed E-state index contributed by atoms with van der Waals surface area (Å²) in [5.41, 5.74) is 3.99. The number of piperidine rings is 1. The minimum Gasteiger partial charge on any atom is -0.493 e. The van der Waals surface area contributed by atoms with Gasteiger partial charge in [-0.1, -0.05) is 6.07 Å². The molecule has 35 heavy (non-hydrogen) atoms. The van der Waals surface area contributed by atoms with Gasteiger partial charge in [-0.3, -0.25) is 4.79 Å². The number of rotatable bonds is 8. The Balaban J connectivity index is 1.65. The Morgan fingerprint density at radius 1 is 1.09 bits per heavy atom. The van der Waals surface area contributed by atoms with Gasteiger partial charge in [0.2, 0.25) is 12.3 Å². The van der Waals surface area contributed by atoms with Crippen LogP contribution in [-0.4, -0.2) is 75.1 Å². The van der Waals surface area contributed by atoms with Crippen molar-refractivity contribution < 1.29 is 23.0 Å². The first-order valence-electron chi connectivity index (χ1n) is 11.9. The van der Waals surface area contributed by atoms with Gasteiger partial charge in [0.15, 0.2) is 11.5 Å². The van der Waals surface area contributed by atoms with Crippen LogP contribution in [0.1, 0.15) is 29.9 Å². The highest BCUT2D eigenvalue weighted by atomic mass is 19.3. The molecular formula is C27H33F2N3O3. The zero-order valence-corrected chi connectivity index (χ0v) is 20.7. The summed E-state index contributed by atoms with van der Waals surface area (Å²) in [5, 5.41) is 0.818. The lowest BCUT2D eigenvalue weighted by atomic mass is 9.88. The van der Waals surface area contributed by atoms with Crippen LogP contribution in [0.2, 0.25) is 0 Å². The third-order valence-electron chi connectivity index (χ3n) is 6.73. The Morgan fingerprint density at radius 2 is 1.80 bits per heavy atom. The maximum absolute atomic E-state index is 13.7. The lowest BCUT2D eigenvalue weighted by molar-refractivity contribution is -0.132. The first-order chi connectivity index (χ1) is 16.8. The molecule has 0 atom stereocenters. The monoisotopic (exact) mass is 485 g/mol. The predicted octanol–water partition coefficient (Wildman–Crippen LogP) is 4.93. The molecule has 1 amide bonds. The molecule has 1 fully saturated rings. The maximum Gasteiger partial charge on any atom is 0.242 e. The molecule has 0 unspecified atom stereocenters. The number of amides is 1. The molecule has 1 N–H and O–H groups in total. The van der Waals surface area contributed by atoms with E-state index in [1.165, 1.54) is 0 Å². The highest BCUT2D eigenvalue weighted by Crippen LogP contribution is 2.38. The van der Waals surface area contributed by atoms with Crippen molar-refractivity contribution in [3.63, 3.8) is 0 Å². The van der Waals surface area contributed by atoms with Gasteiger partial charge in [0.25, 0.3) is 0 Å². The van der Waals surface area contributed by atoms with Gasteiger partial charge < -0.3 is 24.3 Å². The fourth-order valence-corrected chi connectivity index (χ4v) is 4.96. The van der Waals surface area contributed by atoms with Crippen molar-refractivity contribution in [2.24, 2.45) is 0 Å². The summed E-state index contributed by atoms with van der Waals surface area (Å²) in [6.45, 7) is 1.84. The molecule has 0 radical (unpaired) electrons. The van der Waals surface area contributed by atoms with Gasteiger partial charge in [-0.15, -0.1) is 0 Å². The molecule has 1 aromatic heterocycles. The second kappa shape index (κ2) is 10.6.